The van der Waals surface area contributed by atoms with E-state index in [1.165, 1.54) is 0 Å². The summed E-state index contributed by atoms with van der Waals surface area (Å²) >= 11 is 0. The summed E-state index contributed by atoms with van der Waals surface area (Å²) in [5, 5.41) is 0. The van der Waals surface area contributed by atoms with Gasteiger partial charge in [-0.3, -0.25) is 0 Å². The predicted molar refractivity (Wildman–Crippen MR) is 69.5 cm³/mol. The summed E-state index contributed by atoms with van der Waals surface area (Å²) in [6.07, 6.45) is 5.39. The number of nitrogens with zero attached hydrogens (tertiary/aromatic N) is 1. The van der Waals surface area contributed by atoms with Gasteiger partial charge in [0.2, 0.25) is 0 Å². The monoisotopic (exact) mass is 218 g/mol. The minimum atomic E-state index is 0.850. The van der Waals surface area contributed by atoms with E-state index in [4.69, 9.17) is 6.42 Å². The Labute approximate surface area is 99.3 Å². The van der Waals surface area contributed by atoms with Crippen molar-refractivity contribution < 1.29 is 0 Å². The van der Waals surface area contributed by atoms with Crippen LogP contribution in [0.25, 0.3) is 22.4 Å². The summed E-state index contributed by atoms with van der Waals surface area (Å²) < 4.78 is 0. The van der Waals surface area contributed by atoms with Gasteiger partial charge in [-0.2, -0.15) is 0 Å². The Hall–Kier alpha value is -2.53. The molecule has 0 bridgehead atoms. The molecule has 0 saturated heterocycles. The highest BCUT2D eigenvalue weighted by molar-refractivity contribution is 5.79. The minimum Gasteiger partial charge on any atom is -0.338 e. The first-order valence-electron chi connectivity index (χ1n) is 5.38. The average Bonchev–Trinajstić information content (AvgIpc) is 2.82. The van der Waals surface area contributed by atoms with Crippen LogP contribution in [-0.4, -0.2) is 9.97 Å². The lowest BCUT2D eigenvalue weighted by atomic mass is 10.1. The van der Waals surface area contributed by atoms with Gasteiger partial charge in [0.15, 0.2) is 0 Å². The molecular weight excluding hydrogens is 208 g/mol. The van der Waals surface area contributed by atoms with Gasteiger partial charge in [0.05, 0.1) is 11.0 Å². The Morgan fingerprint density at radius 1 is 1.06 bits per heavy atom. The Kier molecular flexibility index (Phi) is 2.16. The molecule has 0 atom stereocenters. The standard InChI is InChI=1S/C15H10N2/c1-2-11-6-5-7-12(10-11)15-16-13-8-3-4-9-14(13)17-15/h1,3-10H,(H,16,17). The van der Waals surface area contributed by atoms with Crippen molar-refractivity contribution in [3.8, 4) is 23.7 Å². The Morgan fingerprint density at radius 3 is 2.76 bits per heavy atom. The first-order chi connectivity index (χ1) is 8.36. The van der Waals surface area contributed by atoms with Crippen molar-refractivity contribution in [1.82, 2.24) is 9.97 Å². The molecule has 0 fully saturated rings. The topological polar surface area (TPSA) is 28.7 Å². The second kappa shape index (κ2) is 3.80. The van der Waals surface area contributed by atoms with E-state index in [-0.39, 0.29) is 0 Å². The van der Waals surface area contributed by atoms with Crippen LogP contribution < -0.4 is 0 Å². The van der Waals surface area contributed by atoms with Gasteiger partial charge in [0.25, 0.3) is 0 Å². The number of para-hydroxylation sites is 2. The van der Waals surface area contributed by atoms with Crippen molar-refractivity contribution in [1.29, 1.82) is 0 Å². The summed E-state index contributed by atoms with van der Waals surface area (Å²) in [6.45, 7) is 0. The SMILES string of the molecule is C#Cc1cccc(-c2nc3ccccc3[nH]2)c1. The van der Waals surface area contributed by atoms with Crippen LogP contribution >= 0.6 is 0 Å². The third-order valence-corrected chi connectivity index (χ3v) is 2.69. The number of hydrogen-bond acceptors (Lipinski definition) is 1. The van der Waals surface area contributed by atoms with E-state index in [1.807, 2.05) is 48.5 Å². The van der Waals surface area contributed by atoms with Crippen molar-refractivity contribution in [3.05, 3.63) is 54.1 Å². The van der Waals surface area contributed by atoms with Crippen molar-refractivity contribution in [2.45, 2.75) is 0 Å². The molecule has 0 aliphatic rings. The summed E-state index contributed by atoms with van der Waals surface area (Å²) in [6, 6.07) is 15.8. The fourth-order valence-electron chi connectivity index (χ4n) is 1.85. The fraction of sp³-hybridized carbons (Fsp3) is 0. The molecule has 0 aliphatic heterocycles. The Bertz CT molecular complexity index is 684. The zero-order valence-corrected chi connectivity index (χ0v) is 9.14. The van der Waals surface area contributed by atoms with Gasteiger partial charge in [-0.15, -0.1) is 6.42 Å². The van der Waals surface area contributed by atoms with Gasteiger partial charge in [-0.1, -0.05) is 30.2 Å². The zero-order chi connectivity index (χ0) is 11.7. The number of terminal acetylenes is 1. The lowest BCUT2D eigenvalue weighted by molar-refractivity contribution is 1.33. The minimum absolute atomic E-state index is 0.850. The first kappa shape index (κ1) is 9.68. The number of hydrogen-bond donors (Lipinski definition) is 1. The number of rotatable bonds is 1. The number of fused-ring (bicyclic) bond motifs is 1. The number of aromatic nitrogens is 2. The lowest BCUT2D eigenvalue weighted by Crippen LogP contribution is -1.81. The lowest BCUT2D eigenvalue weighted by Gasteiger charge is -1.96. The highest BCUT2D eigenvalue weighted by Gasteiger charge is 2.04. The molecule has 0 saturated carbocycles. The molecule has 0 radical (unpaired) electrons. The molecule has 2 aromatic carbocycles. The molecule has 17 heavy (non-hydrogen) atoms. The maximum Gasteiger partial charge on any atom is 0.138 e. The molecular formula is C15H10N2. The van der Waals surface area contributed by atoms with Gasteiger partial charge in [-0.05, 0) is 24.3 Å². The number of imidazole rings is 1. The molecule has 1 aromatic heterocycles. The smallest absolute Gasteiger partial charge is 0.138 e. The summed E-state index contributed by atoms with van der Waals surface area (Å²) in [4.78, 5) is 7.82. The molecule has 2 heteroatoms. The average molecular weight is 218 g/mol. The molecule has 0 unspecified atom stereocenters. The Morgan fingerprint density at radius 2 is 1.94 bits per heavy atom. The van der Waals surface area contributed by atoms with Crippen LogP contribution in [0.15, 0.2) is 48.5 Å². The molecule has 1 heterocycles. The van der Waals surface area contributed by atoms with Gasteiger partial charge in [0, 0.05) is 11.1 Å². The molecule has 0 amide bonds. The normalized spacial score (nSPS) is 10.3. The second-order valence-corrected chi connectivity index (χ2v) is 3.83. The van der Waals surface area contributed by atoms with Crippen LogP contribution in [0, 0.1) is 12.3 Å². The van der Waals surface area contributed by atoms with E-state index in [1.54, 1.807) is 0 Å². The molecule has 0 aliphatic carbocycles. The molecule has 3 rings (SSSR count). The van der Waals surface area contributed by atoms with E-state index in [2.05, 4.69) is 15.9 Å². The quantitative estimate of drug-likeness (QED) is 0.624. The third-order valence-electron chi connectivity index (χ3n) is 2.69. The molecule has 0 spiro atoms. The molecule has 80 valence electrons. The zero-order valence-electron chi connectivity index (χ0n) is 9.14. The highest BCUT2D eigenvalue weighted by atomic mass is 14.9. The van der Waals surface area contributed by atoms with Crippen molar-refractivity contribution in [2.24, 2.45) is 0 Å². The fourth-order valence-corrected chi connectivity index (χ4v) is 1.85. The van der Waals surface area contributed by atoms with Crippen molar-refractivity contribution in [3.63, 3.8) is 0 Å². The summed E-state index contributed by atoms with van der Waals surface area (Å²) in [5.74, 6) is 3.48. The van der Waals surface area contributed by atoms with E-state index < -0.39 is 0 Å². The molecule has 2 nitrogen and oxygen atoms in total. The van der Waals surface area contributed by atoms with Crippen molar-refractivity contribution >= 4 is 11.0 Å². The Balaban J connectivity index is 2.17. The second-order valence-electron chi connectivity index (χ2n) is 3.83. The number of aromatic amines is 1. The molecule has 1 N–H and O–H groups in total. The van der Waals surface area contributed by atoms with Crippen LogP contribution in [0.1, 0.15) is 5.56 Å². The van der Waals surface area contributed by atoms with Gasteiger partial charge in [0.1, 0.15) is 5.82 Å². The van der Waals surface area contributed by atoms with Gasteiger partial charge < -0.3 is 4.98 Å². The summed E-state index contributed by atoms with van der Waals surface area (Å²) in [7, 11) is 0. The number of nitrogens with one attached hydrogen (secondary N) is 1. The van der Waals surface area contributed by atoms with E-state index >= 15 is 0 Å². The third kappa shape index (κ3) is 1.68. The van der Waals surface area contributed by atoms with E-state index in [0.29, 0.717) is 0 Å². The van der Waals surface area contributed by atoms with Crippen LogP contribution in [0.2, 0.25) is 0 Å². The summed E-state index contributed by atoms with van der Waals surface area (Å²) in [5.41, 5.74) is 3.88. The van der Waals surface area contributed by atoms with E-state index in [9.17, 15) is 0 Å². The van der Waals surface area contributed by atoms with Crippen molar-refractivity contribution in [2.75, 3.05) is 0 Å². The van der Waals surface area contributed by atoms with Crippen LogP contribution in [-0.2, 0) is 0 Å². The van der Waals surface area contributed by atoms with Crippen LogP contribution in [0.3, 0.4) is 0 Å². The van der Waals surface area contributed by atoms with Crippen LogP contribution in [0.5, 0.6) is 0 Å². The maximum absolute atomic E-state index is 5.39. The highest BCUT2D eigenvalue weighted by Crippen LogP contribution is 2.20. The van der Waals surface area contributed by atoms with Crippen LogP contribution in [0.4, 0.5) is 0 Å². The number of benzene rings is 2. The predicted octanol–water partition coefficient (Wildman–Crippen LogP) is 3.21. The largest absolute Gasteiger partial charge is 0.338 e. The van der Waals surface area contributed by atoms with E-state index in [0.717, 1.165) is 28.0 Å². The van der Waals surface area contributed by atoms with Gasteiger partial charge in [-0.25, -0.2) is 4.98 Å². The maximum atomic E-state index is 5.39. The number of H-pyrrole nitrogens is 1. The van der Waals surface area contributed by atoms with Gasteiger partial charge >= 0.3 is 0 Å². The first-order valence-corrected chi connectivity index (χ1v) is 5.38. The molecule has 3 aromatic rings.